The summed E-state index contributed by atoms with van der Waals surface area (Å²) in [5.41, 5.74) is 1.68. The van der Waals surface area contributed by atoms with Gasteiger partial charge < -0.3 is 21.1 Å². The quantitative estimate of drug-likeness (QED) is 0.319. The number of nitrogens with one attached hydrogen (secondary N) is 3. The molecule has 1 aliphatic rings. The Labute approximate surface area is 234 Å². The van der Waals surface area contributed by atoms with Crippen molar-refractivity contribution in [2.24, 2.45) is 5.41 Å². The van der Waals surface area contributed by atoms with Crippen molar-refractivity contribution in [3.05, 3.63) is 64.2 Å². The van der Waals surface area contributed by atoms with Gasteiger partial charge in [-0.05, 0) is 47.2 Å². The van der Waals surface area contributed by atoms with Gasteiger partial charge in [-0.25, -0.2) is 8.78 Å². The lowest BCUT2D eigenvalue weighted by Crippen LogP contribution is -2.52. The Morgan fingerprint density at radius 2 is 1.74 bits per heavy atom. The van der Waals surface area contributed by atoms with E-state index in [1.807, 2.05) is 6.92 Å². The van der Waals surface area contributed by atoms with Gasteiger partial charge in [-0.15, -0.1) is 11.6 Å². The van der Waals surface area contributed by atoms with Gasteiger partial charge in [0.05, 0.1) is 17.0 Å². The van der Waals surface area contributed by atoms with Gasteiger partial charge in [0, 0.05) is 25.2 Å². The summed E-state index contributed by atoms with van der Waals surface area (Å²) in [5.74, 6) is -3.15. The second-order valence-corrected chi connectivity index (χ2v) is 10.9. The third-order valence-electron chi connectivity index (χ3n) is 5.18. The van der Waals surface area contributed by atoms with Crippen LogP contribution in [0.4, 0.5) is 14.5 Å². The maximum atomic E-state index is 13.9. The first-order chi connectivity index (χ1) is 17.8. The molecule has 2 aromatic rings. The number of anilines is 1. The summed E-state index contributed by atoms with van der Waals surface area (Å²) in [5, 5.41) is 18.2. The number of aliphatic hydroxyl groups excluding tert-OH is 1. The molecule has 0 spiro atoms. The molecule has 0 radical (unpaired) electrons. The number of amides is 2. The first-order valence-corrected chi connectivity index (χ1v) is 13.5. The molecule has 2 aromatic carbocycles. The number of fused-ring (bicyclic) bond motifs is 1. The van der Waals surface area contributed by atoms with Crippen LogP contribution in [0, 0.1) is 17.0 Å². The molecule has 38 heavy (non-hydrogen) atoms. The molecule has 4 N–H and O–H groups in total. The van der Waals surface area contributed by atoms with Crippen molar-refractivity contribution >= 4 is 40.7 Å². The summed E-state index contributed by atoms with van der Waals surface area (Å²) in [7, 11) is 0. The third kappa shape index (κ3) is 11.2. The zero-order valence-corrected chi connectivity index (χ0v) is 24.3. The normalized spacial score (nSPS) is 17.7. The second-order valence-electron chi connectivity index (χ2n) is 10.5. The minimum Gasteiger partial charge on any atom is -0.391 e. The van der Waals surface area contributed by atoms with Crippen molar-refractivity contribution in [2.45, 2.75) is 72.1 Å². The summed E-state index contributed by atoms with van der Waals surface area (Å²) in [6.07, 6.45) is 2.04. The van der Waals surface area contributed by atoms with E-state index in [1.165, 1.54) is 42.8 Å². The van der Waals surface area contributed by atoms with E-state index in [0.29, 0.717) is 28.7 Å². The molecule has 2 amide bonds. The highest BCUT2D eigenvalue weighted by molar-refractivity contribution is 6.31. The van der Waals surface area contributed by atoms with E-state index in [-0.39, 0.29) is 18.1 Å². The first kappa shape index (κ1) is 33.8. The molecular weight excluding hydrogens is 535 g/mol. The number of halogens is 4. The van der Waals surface area contributed by atoms with Gasteiger partial charge in [0.15, 0.2) is 0 Å². The Morgan fingerprint density at radius 3 is 2.29 bits per heavy atom. The molecule has 0 aliphatic carbocycles. The standard InChI is InChI=1S/C22H24ClF2N3O3.C5H12.CH3Cl/c1-2-3-15(29)11-27-22(31)20-19(12-4-6-14(24)7-5-12)21(30)28-18-9-16(23)17(25)8-13(18)10-26-20;1-5(2,3)4;1-2/h4-9,15,19-20,26,29H,2-3,10-11H2,1H3,(H,27,31)(H,28,30);1-4H3;1H3/t15?,19?,20-;;/m1../s1. The minimum absolute atomic E-state index is 0.0312. The molecular formula is C28H39Cl2F2N3O3. The molecule has 1 aliphatic heterocycles. The van der Waals surface area contributed by atoms with Gasteiger partial charge in [-0.3, -0.25) is 9.59 Å². The lowest BCUT2D eigenvalue weighted by atomic mass is 9.88. The first-order valence-electron chi connectivity index (χ1n) is 12.4. The molecule has 3 rings (SSSR count). The summed E-state index contributed by atoms with van der Waals surface area (Å²) < 4.78 is 27.4. The maximum absolute atomic E-state index is 13.9. The van der Waals surface area contributed by atoms with E-state index in [9.17, 15) is 23.5 Å². The van der Waals surface area contributed by atoms with Crippen LogP contribution in [0.25, 0.3) is 0 Å². The Morgan fingerprint density at radius 1 is 1.16 bits per heavy atom. The fourth-order valence-electron chi connectivity index (χ4n) is 3.57. The van der Waals surface area contributed by atoms with E-state index < -0.39 is 41.5 Å². The van der Waals surface area contributed by atoms with Crippen molar-refractivity contribution in [3.63, 3.8) is 0 Å². The molecule has 0 saturated carbocycles. The fraction of sp³-hybridized carbons (Fsp3) is 0.500. The highest BCUT2D eigenvalue weighted by Crippen LogP contribution is 2.30. The minimum atomic E-state index is -1.04. The molecule has 212 valence electrons. The van der Waals surface area contributed by atoms with Crippen LogP contribution < -0.4 is 16.0 Å². The van der Waals surface area contributed by atoms with Crippen LogP contribution in [-0.4, -0.2) is 42.0 Å². The lowest BCUT2D eigenvalue weighted by Gasteiger charge is -2.30. The van der Waals surface area contributed by atoms with Crippen molar-refractivity contribution in [2.75, 3.05) is 18.2 Å². The summed E-state index contributed by atoms with van der Waals surface area (Å²) in [4.78, 5) is 26.1. The number of hydrogen-bond donors (Lipinski definition) is 4. The van der Waals surface area contributed by atoms with Crippen molar-refractivity contribution in [3.8, 4) is 0 Å². The molecule has 0 saturated heterocycles. The van der Waals surface area contributed by atoms with E-state index in [1.54, 1.807) is 0 Å². The average Bonchev–Trinajstić information content (AvgIpc) is 2.83. The maximum Gasteiger partial charge on any atom is 0.238 e. The van der Waals surface area contributed by atoms with Crippen LogP contribution in [0.2, 0.25) is 5.02 Å². The van der Waals surface area contributed by atoms with Gasteiger partial charge in [-0.2, -0.15) is 0 Å². The van der Waals surface area contributed by atoms with E-state index in [4.69, 9.17) is 11.6 Å². The van der Waals surface area contributed by atoms with Crippen LogP contribution in [0.5, 0.6) is 0 Å². The zero-order chi connectivity index (χ0) is 29.0. The van der Waals surface area contributed by atoms with Crippen LogP contribution >= 0.6 is 23.2 Å². The number of carbonyl (C=O) groups is 2. The smallest absolute Gasteiger partial charge is 0.238 e. The lowest BCUT2D eigenvalue weighted by molar-refractivity contribution is -0.128. The average molecular weight is 575 g/mol. The summed E-state index contributed by atoms with van der Waals surface area (Å²) in [6, 6.07) is 6.77. The van der Waals surface area contributed by atoms with Gasteiger partial charge in [-0.1, -0.05) is 64.8 Å². The van der Waals surface area contributed by atoms with E-state index in [2.05, 4.69) is 55.2 Å². The molecule has 3 atom stereocenters. The summed E-state index contributed by atoms with van der Waals surface area (Å²) >= 11 is 10.5. The van der Waals surface area contributed by atoms with Crippen molar-refractivity contribution in [1.29, 1.82) is 0 Å². The summed E-state index contributed by atoms with van der Waals surface area (Å²) in [6.45, 7) is 10.8. The van der Waals surface area contributed by atoms with Gasteiger partial charge in [0.1, 0.15) is 17.7 Å². The Hall–Kier alpha value is -2.26. The molecule has 1 heterocycles. The van der Waals surface area contributed by atoms with Crippen molar-refractivity contribution < 1.29 is 23.5 Å². The van der Waals surface area contributed by atoms with Crippen LogP contribution in [0.1, 0.15) is 64.5 Å². The predicted molar refractivity (Wildman–Crippen MR) is 151 cm³/mol. The Bertz CT molecular complexity index is 1040. The number of alkyl halides is 1. The van der Waals surface area contributed by atoms with Crippen molar-refractivity contribution in [1.82, 2.24) is 10.6 Å². The molecule has 0 aromatic heterocycles. The third-order valence-corrected chi connectivity index (χ3v) is 5.47. The monoisotopic (exact) mass is 573 g/mol. The number of carbonyl (C=O) groups excluding carboxylic acids is 2. The van der Waals surface area contributed by atoms with E-state index in [0.717, 1.165) is 6.42 Å². The topological polar surface area (TPSA) is 90.5 Å². The van der Waals surface area contributed by atoms with E-state index >= 15 is 0 Å². The molecule has 10 heteroatoms. The number of hydrogen-bond acceptors (Lipinski definition) is 4. The number of aliphatic hydroxyl groups is 1. The highest BCUT2D eigenvalue weighted by Gasteiger charge is 2.37. The SMILES string of the molecule is CC(C)(C)C.CCCC(O)CNC(=O)[C@@H]1NCc2cc(F)c(Cl)cc2NC(=O)C1c1ccc(F)cc1.CCl. The second kappa shape index (κ2) is 16.0. The Kier molecular flexibility index (Phi) is 14.2. The van der Waals surface area contributed by atoms with Gasteiger partial charge in [0.25, 0.3) is 0 Å². The number of rotatable bonds is 6. The number of benzene rings is 2. The zero-order valence-electron chi connectivity index (χ0n) is 22.8. The molecule has 0 bridgehead atoms. The fourth-order valence-corrected chi connectivity index (χ4v) is 3.74. The van der Waals surface area contributed by atoms with Crippen LogP contribution in [-0.2, 0) is 16.1 Å². The predicted octanol–water partition coefficient (Wildman–Crippen LogP) is 6.00. The Balaban J connectivity index is 0.000000924. The highest BCUT2D eigenvalue weighted by atomic mass is 35.5. The van der Waals surface area contributed by atoms with Gasteiger partial charge >= 0.3 is 0 Å². The van der Waals surface area contributed by atoms with Crippen LogP contribution in [0.3, 0.4) is 0 Å². The molecule has 0 fully saturated rings. The molecule has 6 nitrogen and oxygen atoms in total. The largest absolute Gasteiger partial charge is 0.391 e. The van der Waals surface area contributed by atoms with Gasteiger partial charge in [0.2, 0.25) is 11.8 Å². The molecule has 2 unspecified atom stereocenters. The van der Waals surface area contributed by atoms with Crippen LogP contribution in [0.15, 0.2) is 36.4 Å².